The van der Waals surface area contributed by atoms with Crippen molar-refractivity contribution in [2.45, 2.75) is 58.2 Å². The largest absolute Gasteiger partial charge is 0.462 e. The molecule has 4 N–H and O–H groups in total. The average molecular weight is 444 g/mol. The summed E-state index contributed by atoms with van der Waals surface area (Å²) in [5, 5.41) is 33.0. The van der Waals surface area contributed by atoms with Crippen LogP contribution in [0.3, 0.4) is 0 Å². The number of aryl methyl sites for hydroxylation is 1. The van der Waals surface area contributed by atoms with E-state index in [0.29, 0.717) is 25.1 Å². The Morgan fingerprint density at radius 2 is 1.94 bits per heavy atom. The minimum absolute atomic E-state index is 0.0734. The molecule has 1 heterocycles. The van der Waals surface area contributed by atoms with Crippen LogP contribution in [0.25, 0.3) is 11.1 Å². The lowest BCUT2D eigenvalue weighted by Gasteiger charge is -2.41. The predicted octanol–water partition coefficient (Wildman–Crippen LogP) is 2.18. The number of nitrogens with one attached hydrogen (secondary N) is 1. The molecule has 0 spiro atoms. The van der Waals surface area contributed by atoms with Crippen LogP contribution in [0.2, 0.25) is 0 Å². The standard InChI is InChI=1S/C25H33NO6/c1-15-5-4-6-19(13-15)21-14-20(8-7-18(21)9-11-26-17(3)28)31-25-24(30)23(29)16(2)22(32-25)10-12-27/h4-8,13-14,16,22-25,27,29-30H,9-12H2,1-3H3,(H,26,28)/t16-,22+,23+,24+,25+/m0/s1. The number of hydrogen-bond acceptors (Lipinski definition) is 6. The number of hydrogen-bond donors (Lipinski definition) is 4. The van der Waals surface area contributed by atoms with E-state index in [1.165, 1.54) is 6.92 Å². The first kappa shape index (κ1) is 24.2. The summed E-state index contributed by atoms with van der Waals surface area (Å²) in [7, 11) is 0. The first-order valence-corrected chi connectivity index (χ1v) is 11.0. The SMILES string of the molecule is CC(=O)NCCc1ccc(O[C@@H]2O[C@H](CCO)[C@H](C)[C@@H](O)[C@H]2O)cc1-c1cccc(C)c1. The van der Waals surface area contributed by atoms with Crippen LogP contribution in [0.5, 0.6) is 5.75 Å². The Balaban J connectivity index is 1.86. The number of rotatable bonds is 8. The Morgan fingerprint density at radius 1 is 1.16 bits per heavy atom. The first-order chi connectivity index (χ1) is 15.3. The lowest BCUT2D eigenvalue weighted by Crippen LogP contribution is -2.55. The Labute approximate surface area is 189 Å². The van der Waals surface area contributed by atoms with E-state index in [9.17, 15) is 20.1 Å². The highest BCUT2D eigenvalue weighted by Gasteiger charge is 2.43. The van der Waals surface area contributed by atoms with Gasteiger partial charge in [0.05, 0.1) is 12.2 Å². The highest BCUT2D eigenvalue weighted by Crippen LogP contribution is 2.33. The van der Waals surface area contributed by atoms with Crippen molar-refractivity contribution in [3.8, 4) is 16.9 Å². The third-order valence-corrected chi connectivity index (χ3v) is 5.91. The lowest BCUT2D eigenvalue weighted by atomic mass is 9.89. The Kier molecular flexibility index (Phi) is 8.26. The van der Waals surface area contributed by atoms with Crippen molar-refractivity contribution in [1.29, 1.82) is 0 Å². The molecule has 0 unspecified atom stereocenters. The summed E-state index contributed by atoms with van der Waals surface area (Å²) >= 11 is 0. The molecule has 0 bridgehead atoms. The number of carbonyl (C=O) groups excluding carboxylic acids is 1. The Hall–Kier alpha value is -2.45. The van der Waals surface area contributed by atoms with Gasteiger partial charge in [0.25, 0.3) is 0 Å². The zero-order valence-electron chi connectivity index (χ0n) is 18.8. The molecule has 7 heteroatoms. The fraction of sp³-hybridized carbons (Fsp3) is 0.480. The molecule has 1 amide bonds. The van der Waals surface area contributed by atoms with Gasteiger partial charge in [-0.05, 0) is 48.6 Å². The third-order valence-electron chi connectivity index (χ3n) is 5.91. The average Bonchev–Trinajstić information content (AvgIpc) is 2.76. The Bertz CT molecular complexity index is 917. The second kappa shape index (κ2) is 10.9. The summed E-state index contributed by atoms with van der Waals surface area (Å²) in [6, 6.07) is 13.7. The van der Waals surface area contributed by atoms with Crippen molar-refractivity contribution in [3.63, 3.8) is 0 Å². The number of ether oxygens (including phenoxy) is 2. The molecule has 5 atom stereocenters. The third kappa shape index (κ3) is 5.86. The minimum Gasteiger partial charge on any atom is -0.462 e. The summed E-state index contributed by atoms with van der Waals surface area (Å²) in [6.07, 6.45) is -2.69. The molecule has 3 rings (SSSR count). The van der Waals surface area contributed by atoms with Crippen LogP contribution in [0.15, 0.2) is 42.5 Å². The van der Waals surface area contributed by atoms with Gasteiger partial charge in [0, 0.05) is 26.0 Å². The zero-order valence-corrected chi connectivity index (χ0v) is 18.8. The fourth-order valence-electron chi connectivity index (χ4n) is 4.06. The van der Waals surface area contributed by atoms with Crippen molar-refractivity contribution in [3.05, 3.63) is 53.6 Å². The predicted molar refractivity (Wildman–Crippen MR) is 121 cm³/mol. The van der Waals surface area contributed by atoms with Crippen molar-refractivity contribution < 1.29 is 29.6 Å². The minimum atomic E-state index is -1.21. The summed E-state index contributed by atoms with van der Waals surface area (Å²) in [6.45, 7) is 5.74. The molecular weight excluding hydrogens is 410 g/mol. The van der Waals surface area contributed by atoms with Gasteiger partial charge in [-0.2, -0.15) is 0 Å². The van der Waals surface area contributed by atoms with E-state index >= 15 is 0 Å². The number of amides is 1. The molecule has 1 aliphatic rings. The molecule has 2 aromatic carbocycles. The number of benzene rings is 2. The molecule has 32 heavy (non-hydrogen) atoms. The van der Waals surface area contributed by atoms with Gasteiger partial charge in [-0.3, -0.25) is 4.79 Å². The van der Waals surface area contributed by atoms with Crippen molar-refractivity contribution in [2.24, 2.45) is 5.92 Å². The van der Waals surface area contributed by atoms with Gasteiger partial charge in [0.1, 0.15) is 11.9 Å². The number of aliphatic hydroxyl groups excluding tert-OH is 3. The topological polar surface area (TPSA) is 108 Å². The van der Waals surface area contributed by atoms with E-state index in [1.807, 2.05) is 37.3 Å². The van der Waals surface area contributed by atoms with Crippen LogP contribution in [-0.2, 0) is 16.0 Å². The monoisotopic (exact) mass is 443 g/mol. The molecule has 2 aromatic rings. The molecule has 7 nitrogen and oxygen atoms in total. The molecule has 1 aliphatic heterocycles. The zero-order chi connectivity index (χ0) is 23.3. The van der Waals surface area contributed by atoms with Crippen LogP contribution < -0.4 is 10.1 Å². The van der Waals surface area contributed by atoms with Gasteiger partial charge in [0.2, 0.25) is 12.2 Å². The number of carbonyl (C=O) groups is 1. The summed E-state index contributed by atoms with van der Waals surface area (Å²) in [4.78, 5) is 11.3. The van der Waals surface area contributed by atoms with Gasteiger partial charge in [-0.25, -0.2) is 0 Å². The quantitative estimate of drug-likeness (QED) is 0.498. The molecule has 1 saturated heterocycles. The van der Waals surface area contributed by atoms with E-state index in [2.05, 4.69) is 11.4 Å². The number of aliphatic hydroxyl groups is 3. The Morgan fingerprint density at radius 3 is 2.62 bits per heavy atom. The molecule has 1 fully saturated rings. The smallest absolute Gasteiger partial charge is 0.228 e. The summed E-state index contributed by atoms with van der Waals surface area (Å²) < 4.78 is 11.8. The highest BCUT2D eigenvalue weighted by molar-refractivity contribution is 5.73. The summed E-state index contributed by atoms with van der Waals surface area (Å²) in [5.41, 5.74) is 4.15. The molecular formula is C25H33NO6. The van der Waals surface area contributed by atoms with Crippen molar-refractivity contribution in [1.82, 2.24) is 5.32 Å². The van der Waals surface area contributed by atoms with E-state index in [4.69, 9.17) is 9.47 Å². The maximum Gasteiger partial charge on any atom is 0.228 e. The van der Waals surface area contributed by atoms with Gasteiger partial charge >= 0.3 is 0 Å². The van der Waals surface area contributed by atoms with Crippen LogP contribution in [0, 0.1) is 12.8 Å². The van der Waals surface area contributed by atoms with Crippen LogP contribution >= 0.6 is 0 Å². The van der Waals surface area contributed by atoms with Gasteiger partial charge in [-0.15, -0.1) is 0 Å². The van der Waals surface area contributed by atoms with Gasteiger partial charge in [0.15, 0.2) is 0 Å². The van der Waals surface area contributed by atoms with E-state index in [0.717, 1.165) is 22.3 Å². The highest BCUT2D eigenvalue weighted by atomic mass is 16.7. The normalized spacial score (nSPS) is 25.4. The van der Waals surface area contributed by atoms with Crippen LogP contribution in [0.4, 0.5) is 0 Å². The van der Waals surface area contributed by atoms with Crippen molar-refractivity contribution >= 4 is 5.91 Å². The summed E-state index contributed by atoms with van der Waals surface area (Å²) in [5.74, 6) is 0.102. The maximum atomic E-state index is 11.3. The molecule has 0 saturated carbocycles. The van der Waals surface area contributed by atoms with Crippen molar-refractivity contribution in [2.75, 3.05) is 13.2 Å². The molecule has 0 aliphatic carbocycles. The van der Waals surface area contributed by atoms with Gasteiger partial charge in [-0.1, -0.05) is 42.8 Å². The molecule has 0 radical (unpaired) electrons. The van der Waals surface area contributed by atoms with E-state index in [-0.39, 0.29) is 18.4 Å². The van der Waals surface area contributed by atoms with Crippen LogP contribution in [-0.4, -0.2) is 59.0 Å². The molecule has 174 valence electrons. The fourth-order valence-corrected chi connectivity index (χ4v) is 4.06. The second-order valence-electron chi connectivity index (χ2n) is 8.43. The van der Waals surface area contributed by atoms with E-state index < -0.39 is 24.6 Å². The second-order valence-corrected chi connectivity index (χ2v) is 8.43. The lowest BCUT2D eigenvalue weighted by molar-refractivity contribution is -0.257. The van der Waals surface area contributed by atoms with Gasteiger partial charge < -0.3 is 30.1 Å². The van der Waals surface area contributed by atoms with Crippen LogP contribution in [0.1, 0.15) is 31.4 Å². The molecule has 0 aromatic heterocycles. The van der Waals surface area contributed by atoms with E-state index in [1.54, 1.807) is 13.0 Å². The first-order valence-electron chi connectivity index (χ1n) is 11.0. The maximum absolute atomic E-state index is 11.3.